The van der Waals surface area contributed by atoms with Gasteiger partial charge in [-0.3, -0.25) is 9.69 Å². The molecule has 1 aliphatic rings. The van der Waals surface area contributed by atoms with Gasteiger partial charge in [0.1, 0.15) is 0 Å². The highest BCUT2D eigenvalue weighted by molar-refractivity contribution is 7.07. The van der Waals surface area contributed by atoms with Crippen LogP contribution in [0.4, 0.5) is 5.69 Å². The molecule has 0 radical (unpaired) electrons. The van der Waals surface area contributed by atoms with Crippen molar-refractivity contribution in [3.63, 3.8) is 0 Å². The summed E-state index contributed by atoms with van der Waals surface area (Å²) >= 11 is 7.82. The number of halogens is 1. The van der Waals surface area contributed by atoms with E-state index in [2.05, 4.69) is 27.0 Å². The molecule has 3 rings (SSSR count). The first-order valence-corrected chi connectivity index (χ1v) is 8.82. The van der Waals surface area contributed by atoms with Gasteiger partial charge < -0.3 is 5.32 Å². The third-order valence-corrected chi connectivity index (χ3v) is 5.26. The summed E-state index contributed by atoms with van der Waals surface area (Å²) in [5.41, 5.74) is 1.99. The molecule has 2 atom stereocenters. The quantitative estimate of drug-likeness (QED) is 0.888. The van der Waals surface area contributed by atoms with Crippen LogP contribution in [0, 0.1) is 0 Å². The Kier molecular flexibility index (Phi) is 4.81. The summed E-state index contributed by atoms with van der Waals surface area (Å²) in [4.78, 5) is 14.8. The molecule has 0 aliphatic carbocycles. The van der Waals surface area contributed by atoms with Gasteiger partial charge in [-0.2, -0.15) is 11.3 Å². The molecule has 3 nitrogen and oxygen atoms in total. The number of para-hydroxylation sites is 1. The van der Waals surface area contributed by atoms with Crippen LogP contribution >= 0.6 is 22.9 Å². The largest absolute Gasteiger partial charge is 0.323 e. The van der Waals surface area contributed by atoms with Gasteiger partial charge in [0.2, 0.25) is 5.91 Å². The number of rotatable bonds is 4. The third-order valence-electron chi connectivity index (χ3n) is 4.23. The van der Waals surface area contributed by atoms with Crippen LogP contribution in [0.25, 0.3) is 0 Å². The third kappa shape index (κ3) is 3.19. The maximum Gasteiger partial charge on any atom is 0.241 e. The Balaban J connectivity index is 1.71. The second-order valence-electron chi connectivity index (χ2n) is 5.60. The van der Waals surface area contributed by atoms with Gasteiger partial charge in [0.15, 0.2) is 0 Å². The SMILES string of the molecule is CC(C(=O)Nc1ccccc1Cl)N1CCCC1c1ccsc1. The van der Waals surface area contributed by atoms with Crippen molar-refractivity contribution in [3.8, 4) is 0 Å². The van der Waals surface area contributed by atoms with Crippen molar-refractivity contribution in [1.29, 1.82) is 0 Å². The van der Waals surface area contributed by atoms with Crippen molar-refractivity contribution < 1.29 is 4.79 Å². The van der Waals surface area contributed by atoms with Crippen molar-refractivity contribution >= 4 is 34.5 Å². The van der Waals surface area contributed by atoms with E-state index >= 15 is 0 Å². The molecule has 5 heteroatoms. The fourth-order valence-electron chi connectivity index (χ4n) is 3.03. The lowest BCUT2D eigenvalue weighted by atomic mass is 10.1. The minimum atomic E-state index is -0.177. The lowest BCUT2D eigenvalue weighted by Crippen LogP contribution is -2.41. The van der Waals surface area contributed by atoms with Crippen molar-refractivity contribution in [2.24, 2.45) is 0 Å². The van der Waals surface area contributed by atoms with Gasteiger partial charge >= 0.3 is 0 Å². The molecular formula is C17H19ClN2OS. The van der Waals surface area contributed by atoms with Crippen LogP contribution in [0.3, 0.4) is 0 Å². The van der Waals surface area contributed by atoms with Crippen LogP contribution in [0.2, 0.25) is 5.02 Å². The molecule has 1 aromatic carbocycles. The maximum atomic E-state index is 12.6. The summed E-state index contributed by atoms with van der Waals surface area (Å²) in [6, 6.07) is 9.66. The number of nitrogens with one attached hydrogen (secondary N) is 1. The number of hydrogen-bond donors (Lipinski definition) is 1. The lowest BCUT2D eigenvalue weighted by molar-refractivity contribution is -0.121. The highest BCUT2D eigenvalue weighted by Gasteiger charge is 2.33. The van der Waals surface area contributed by atoms with Gasteiger partial charge in [-0.05, 0) is 60.8 Å². The first kappa shape index (κ1) is 15.5. The van der Waals surface area contributed by atoms with Crippen LogP contribution in [0.15, 0.2) is 41.1 Å². The summed E-state index contributed by atoms with van der Waals surface area (Å²) in [5, 5.41) is 7.79. The molecule has 0 spiro atoms. The molecule has 116 valence electrons. The Morgan fingerprint density at radius 1 is 1.41 bits per heavy atom. The fourth-order valence-corrected chi connectivity index (χ4v) is 3.92. The van der Waals surface area contributed by atoms with Crippen LogP contribution in [0.5, 0.6) is 0 Å². The number of carbonyl (C=O) groups is 1. The zero-order chi connectivity index (χ0) is 15.5. The number of nitrogens with zero attached hydrogens (tertiary/aromatic N) is 1. The van der Waals surface area contributed by atoms with Gasteiger partial charge in [0, 0.05) is 6.04 Å². The zero-order valence-electron chi connectivity index (χ0n) is 12.5. The van der Waals surface area contributed by atoms with Gasteiger partial charge in [0.25, 0.3) is 0 Å². The number of thiophene rings is 1. The molecule has 1 saturated heterocycles. The predicted octanol–water partition coefficient (Wildman–Crippen LogP) is 4.57. The molecule has 22 heavy (non-hydrogen) atoms. The standard InChI is InChI=1S/C17H19ClN2OS/c1-12(17(21)19-15-6-3-2-5-14(15)18)20-9-4-7-16(20)13-8-10-22-11-13/h2-3,5-6,8,10-12,16H,4,7,9H2,1H3,(H,19,21). The molecule has 1 aliphatic heterocycles. The topological polar surface area (TPSA) is 32.3 Å². The summed E-state index contributed by atoms with van der Waals surface area (Å²) in [5.74, 6) is -0.00442. The van der Waals surface area contributed by atoms with E-state index < -0.39 is 0 Å². The van der Waals surface area contributed by atoms with E-state index in [0.29, 0.717) is 16.8 Å². The Labute approximate surface area is 139 Å². The lowest BCUT2D eigenvalue weighted by Gasteiger charge is -2.29. The minimum Gasteiger partial charge on any atom is -0.323 e. The smallest absolute Gasteiger partial charge is 0.241 e. The Bertz CT molecular complexity index is 644. The van der Waals surface area contributed by atoms with Crippen LogP contribution in [-0.4, -0.2) is 23.4 Å². The Hall–Kier alpha value is -1.36. The molecule has 1 amide bonds. The van der Waals surface area contributed by atoms with Gasteiger partial charge in [-0.15, -0.1) is 0 Å². The zero-order valence-corrected chi connectivity index (χ0v) is 14.0. The van der Waals surface area contributed by atoms with Gasteiger partial charge in [-0.1, -0.05) is 23.7 Å². The second-order valence-corrected chi connectivity index (χ2v) is 6.78. The van der Waals surface area contributed by atoms with Gasteiger partial charge in [-0.25, -0.2) is 0 Å². The highest BCUT2D eigenvalue weighted by atomic mass is 35.5. The second kappa shape index (κ2) is 6.82. The van der Waals surface area contributed by atoms with Gasteiger partial charge in [0.05, 0.1) is 16.8 Å². The molecular weight excluding hydrogens is 316 g/mol. The molecule has 1 aromatic heterocycles. The molecule has 0 bridgehead atoms. The van der Waals surface area contributed by atoms with E-state index in [0.717, 1.165) is 19.4 Å². The number of hydrogen-bond acceptors (Lipinski definition) is 3. The summed E-state index contributed by atoms with van der Waals surface area (Å²) in [6.45, 7) is 2.93. The number of carbonyl (C=O) groups excluding carboxylic acids is 1. The van der Waals surface area contributed by atoms with Crippen molar-refractivity contribution in [1.82, 2.24) is 4.90 Å². The molecule has 2 heterocycles. The van der Waals surface area contributed by atoms with E-state index in [-0.39, 0.29) is 11.9 Å². The summed E-state index contributed by atoms with van der Waals surface area (Å²) in [7, 11) is 0. The molecule has 2 unspecified atom stereocenters. The predicted molar refractivity (Wildman–Crippen MR) is 92.5 cm³/mol. The number of anilines is 1. The van der Waals surface area contributed by atoms with E-state index in [9.17, 15) is 4.79 Å². The highest BCUT2D eigenvalue weighted by Crippen LogP contribution is 2.35. The molecule has 1 fully saturated rings. The van der Waals surface area contributed by atoms with Crippen LogP contribution in [-0.2, 0) is 4.79 Å². The molecule has 2 aromatic rings. The van der Waals surface area contributed by atoms with E-state index in [1.54, 1.807) is 17.4 Å². The Morgan fingerprint density at radius 2 is 2.23 bits per heavy atom. The number of benzene rings is 1. The Morgan fingerprint density at radius 3 is 2.95 bits per heavy atom. The van der Waals surface area contributed by atoms with E-state index in [1.807, 2.05) is 25.1 Å². The van der Waals surface area contributed by atoms with Crippen LogP contribution < -0.4 is 5.32 Å². The monoisotopic (exact) mass is 334 g/mol. The normalized spacial score (nSPS) is 20.0. The maximum absolute atomic E-state index is 12.6. The number of likely N-dealkylation sites (tertiary alicyclic amines) is 1. The first-order valence-electron chi connectivity index (χ1n) is 7.50. The van der Waals surface area contributed by atoms with Crippen molar-refractivity contribution in [2.75, 3.05) is 11.9 Å². The summed E-state index contributed by atoms with van der Waals surface area (Å²) < 4.78 is 0. The van der Waals surface area contributed by atoms with Crippen molar-refractivity contribution in [3.05, 3.63) is 51.7 Å². The van der Waals surface area contributed by atoms with E-state index in [1.165, 1.54) is 5.56 Å². The summed E-state index contributed by atoms with van der Waals surface area (Å²) in [6.07, 6.45) is 2.24. The van der Waals surface area contributed by atoms with Crippen molar-refractivity contribution in [2.45, 2.75) is 31.8 Å². The van der Waals surface area contributed by atoms with Crippen LogP contribution in [0.1, 0.15) is 31.4 Å². The molecule has 0 saturated carbocycles. The number of amides is 1. The average Bonchev–Trinajstić information content (AvgIpc) is 3.19. The minimum absolute atomic E-state index is 0.00442. The fraction of sp³-hybridized carbons (Fsp3) is 0.353. The molecule has 1 N–H and O–H groups in total. The average molecular weight is 335 g/mol. The van der Waals surface area contributed by atoms with E-state index in [4.69, 9.17) is 11.6 Å². The first-order chi connectivity index (χ1) is 10.7.